The number of carbonyl (C=O) groups is 8. The van der Waals surface area contributed by atoms with Gasteiger partial charge in [-0.25, -0.2) is 9.78 Å². The lowest BCUT2D eigenvalue weighted by Crippen LogP contribution is -2.62. The molecule has 3 rings (SSSR count). The van der Waals surface area contributed by atoms with Crippen molar-refractivity contribution in [1.82, 2.24) is 52.1 Å². The number of hydrogen-bond acceptors (Lipinski definition) is 12. The molecule has 7 amide bonds. The topological polar surface area (TPSA) is 358 Å². The van der Waals surface area contributed by atoms with Gasteiger partial charge in [0.1, 0.15) is 47.5 Å². The Morgan fingerprint density at radius 2 is 1.51 bits per heavy atom. The van der Waals surface area contributed by atoms with Crippen LogP contribution in [0.5, 0.6) is 5.75 Å². The molecule has 14 N–H and O–H groups in total. The summed E-state index contributed by atoms with van der Waals surface area (Å²) in [6.45, 7) is 9.81. The molecule has 7 atom stereocenters. The van der Waals surface area contributed by atoms with Crippen LogP contribution in [0.15, 0.2) is 41.8 Å². The van der Waals surface area contributed by atoms with Crippen LogP contribution >= 0.6 is 0 Å². The maximum absolute atomic E-state index is 14.5. The van der Waals surface area contributed by atoms with Crippen LogP contribution in [-0.4, -0.2) is 147 Å². The van der Waals surface area contributed by atoms with Gasteiger partial charge >= 0.3 is 5.97 Å². The number of likely N-dealkylation sites (tertiary alicyclic amines) is 1. The molecule has 1 saturated heterocycles. The van der Waals surface area contributed by atoms with E-state index in [-0.39, 0.29) is 57.0 Å². The lowest BCUT2D eigenvalue weighted by Gasteiger charge is -2.32. The third-order valence-corrected chi connectivity index (χ3v) is 11.4. The SMILES string of the molecule is CC[C@@H](C)[C@@H](NC(=O)[C@H](Cc1ccc(O)cc1)NC(=O)[C@@H](NC(=O)[C@H](CCCN=C(N)N)NC(=O)CNC)C(C)C)C(=O)N[C@@H](Cc1cnc[nH]1)C(=O)N1CCC[C@H]1C(=O)NC(C)(C)C(=O)O. The van der Waals surface area contributed by atoms with E-state index in [2.05, 4.69) is 52.2 Å². The standard InChI is InChI=1S/C44H69N13O10/c1-8-25(4)35(40(64)53-31(20-27-21-48-23-50-27)41(65)57-18-10-12-32(57)38(62)56-44(5,6)42(66)67)55-37(61)30(19-26-13-15-28(58)16-14-26)52-39(63)34(24(2)3)54-36(60)29(51-33(59)22-47-7)11-9-17-49-43(45)46/h13-16,21,23-25,29-32,34-35,47,58H,8-12,17-20,22H2,1-7H3,(H,48,50)(H,51,59)(H,52,63)(H,53,64)(H,54,60)(H,55,61)(H,56,62)(H,66,67)(H4,45,46,49)/t25-,29+,30+,31+,32+,34+,35-/m1/s1. The lowest BCUT2D eigenvalue weighted by atomic mass is 9.96. The summed E-state index contributed by atoms with van der Waals surface area (Å²) >= 11 is 0. The highest BCUT2D eigenvalue weighted by Gasteiger charge is 2.42. The van der Waals surface area contributed by atoms with Crippen molar-refractivity contribution in [3.8, 4) is 5.75 Å². The second-order valence-electron chi connectivity index (χ2n) is 17.6. The number of guanidine groups is 1. The summed E-state index contributed by atoms with van der Waals surface area (Å²) < 4.78 is 0. The molecule has 67 heavy (non-hydrogen) atoms. The summed E-state index contributed by atoms with van der Waals surface area (Å²) in [4.78, 5) is 121. The molecule has 1 aromatic carbocycles. The Kier molecular flexibility index (Phi) is 21.0. The molecule has 1 fully saturated rings. The van der Waals surface area contributed by atoms with E-state index in [9.17, 15) is 48.6 Å². The van der Waals surface area contributed by atoms with Crippen LogP contribution in [0, 0.1) is 11.8 Å². The molecule has 1 aliphatic heterocycles. The average molecular weight is 940 g/mol. The third kappa shape index (κ3) is 16.9. The first-order chi connectivity index (χ1) is 31.6. The van der Waals surface area contributed by atoms with Gasteiger partial charge in [0, 0.05) is 37.8 Å². The molecular formula is C44H69N13O10. The fraction of sp³-hybridized carbons (Fsp3) is 0.591. The molecule has 2 heterocycles. The van der Waals surface area contributed by atoms with Crippen molar-refractivity contribution in [3.05, 3.63) is 48.0 Å². The van der Waals surface area contributed by atoms with Crippen LogP contribution in [0.1, 0.15) is 84.9 Å². The zero-order chi connectivity index (χ0) is 50.0. The third-order valence-electron chi connectivity index (χ3n) is 11.4. The highest BCUT2D eigenvalue weighted by molar-refractivity contribution is 5.98. The number of likely N-dealkylation sites (N-methyl/N-ethyl adjacent to an activating group) is 1. The van der Waals surface area contributed by atoms with Crippen molar-refractivity contribution in [2.75, 3.05) is 26.7 Å². The lowest BCUT2D eigenvalue weighted by molar-refractivity contribution is -0.148. The van der Waals surface area contributed by atoms with Crippen molar-refractivity contribution in [1.29, 1.82) is 0 Å². The highest BCUT2D eigenvalue weighted by Crippen LogP contribution is 2.22. The number of H-pyrrole nitrogens is 1. The van der Waals surface area contributed by atoms with Gasteiger partial charge in [-0.1, -0.05) is 46.2 Å². The Hall–Kier alpha value is -6.78. The number of nitrogens with zero attached hydrogens (tertiary/aromatic N) is 3. The van der Waals surface area contributed by atoms with E-state index in [1.54, 1.807) is 46.9 Å². The fourth-order valence-corrected chi connectivity index (χ4v) is 7.29. The number of nitrogens with one attached hydrogen (secondary N) is 8. The molecule has 0 aliphatic carbocycles. The Labute approximate surface area is 390 Å². The second kappa shape index (κ2) is 25.8. The molecule has 0 unspecified atom stereocenters. The molecule has 0 radical (unpaired) electrons. The van der Waals surface area contributed by atoms with E-state index in [1.807, 2.05) is 0 Å². The number of carboxylic acid groups (broad SMARTS) is 1. The monoisotopic (exact) mass is 940 g/mol. The second-order valence-corrected chi connectivity index (χ2v) is 17.6. The van der Waals surface area contributed by atoms with Crippen LogP contribution in [0.2, 0.25) is 0 Å². The van der Waals surface area contributed by atoms with E-state index in [4.69, 9.17) is 11.5 Å². The first kappa shape index (κ1) is 54.6. The number of aromatic nitrogens is 2. The number of rotatable bonds is 26. The number of carboxylic acids is 1. The van der Waals surface area contributed by atoms with Gasteiger partial charge in [0.25, 0.3) is 0 Å². The maximum Gasteiger partial charge on any atom is 0.328 e. The minimum absolute atomic E-state index is 0.0382. The number of benzene rings is 1. The van der Waals surface area contributed by atoms with Gasteiger partial charge in [0.2, 0.25) is 41.4 Å². The summed E-state index contributed by atoms with van der Waals surface area (Å²) in [5.74, 6) is -7.15. The van der Waals surface area contributed by atoms with Crippen molar-refractivity contribution in [3.63, 3.8) is 0 Å². The van der Waals surface area contributed by atoms with Crippen molar-refractivity contribution in [2.24, 2.45) is 28.3 Å². The van der Waals surface area contributed by atoms with Gasteiger partial charge < -0.3 is 68.8 Å². The number of aromatic hydroxyl groups is 1. The van der Waals surface area contributed by atoms with Gasteiger partial charge in [-0.05, 0) is 76.1 Å². The number of phenolic OH excluding ortho intramolecular Hbond substituents is 1. The summed E-state index contributed by atoms with van der Waals surface area (Å²) in [7, 11) is 1.57. The van der Waals surface area contributed by atoms with E-state index in [0.29, 0.717) is 30.5 Å². The molecule has 1 aromatic heterocycles. The minimum Gasteiger partial charge on any atom is -0.508 e. The predicted octanol–water partition coefficient (Wildman–Crippen LogP) is -1.73. The summed E-state index contributed by atoms with van der Waals surface area (Å²) in [5, 5.41) is 38.5. The zero-order valence-electron chi connectivity index (χ0n) is 39.3. The van der Waals surface area contributed by atoms with Crippen LogP contribution in [0.3, 0.4) is 0 Å². The Bertz CT molecular complexity index is 2040. The Morgan fingerprint density at radius 1 is 0.881 bits per heavy atom. The first-order valence-electron chi connectivity index (χ1n) is 22.4. The molecule has 0 bridgehead atoms. The van der Waals surface area contributed by atoms with Crippen molar-refractivity contribution in [2.45, 2.75) is 128 Å². The van der Waals surface area contributed by atoms with Gasteiger partial charge in [-0.15, -0.1) is 0 Å². The van der Waals surface area contributed by atoms with Gasteiger partial charge in [0.05, 0.1) is 12.9 Å². The molecule has 370 valence electrons. The predicted molar refractivity (Wildman–Crippen MR) is 246 cm³/mol. The smallest absolute Gasteiger partial charge is 0.328 e. The molecule has 2 aromatic rings. The van der Waals surface area contributed by atoms with Crippen molar-refractivity contribution < 1.29 is 48.6 Å². The largest absolute Gasteiger partial charge is 0.508 e. The number of nitrogens with two attached hydrogens (primary N) is 2. The quantitative estimate of drug-likeness (QED) is 0.0284. The molecule has 0 spiro atoms. The number of carbonyl (C=O) groups excluding carboxylic acids is 7. The molecule has 1 aliphatic rings. The number of imidazole rings is 1. The van der Waals surface area contributed by atoms with Gasteiger partial charge in [0.15, 0.2) is 5.96 Å². The minimum atomic E-state index is -1.62. The van der Waals surface area contributed by atoms with E-state index >= 15 is 0 Å². The van der Waals surface area contributed by atoms with Crippen LogP contribution in [0.4, 0.5) is 0 Å². The molecule has 0 saturated carbocycles. The number of amides is 7. The normalized spacial score (nSPS) is 16.3. The number of aliphatic carboxylic acids is 1. The highest BCUT2D eigenvalue weighted by atomic mass is 16.4. The van der Waals surface area contributed by atoms with Crippen molar-refractivity contribution >= 4 is 53.3 Å². The maximum atomic E-state index is 14.5. The van der Waals surface area contributed by atoms with Crippen LogP contribution in [-0.2, 0) is 51.2 Å². The number of aromatic amines is 1. The summed E-state index contributed by atoms with van der Waals surface area (Å²) in [6, 6.07) is -1.23. The van der Waals surface area contributed by atoms with E-state index in [1.165, 1.54) is 43.4 Å². The van der Waals surface area contributed by atoms with E-state index < -0.39 is 101 Å². The number of aliphatic imine (C=N–C) groups is 1. The fourth-order valence-electron chi connectivity index (χ4n) is 7.29. The van der Waals surface area contributed by atoms with Crippen LogP contribution < -0.4 is 48.7 Å². The molecule has 23 nitrogen and oxygen atoms in total. The number of phenols is 1. The average Bonchev–Trinajstić information content (AvgIpc) is 3.98. The molecule has 23 heteroatoms. The Morgan fingerprint density at radius 3 is 2.09 bits per heavy atom. The first-order valence-corrected chi connectivity index (χ1v) is 22.4. The van der Waals surface area contributed by atoms with Gasteiger partial charge in [-0.3, -0.25) is 38.6 Å². The van der Waals surface area contributed by atoms with Crippen LogP contribution in [0.25, 0.3) is 0 Å². The molecular weight excluding hydrogens is 871 g/mol. The summed E-state index contributed by atoms with van der Waals surface area (Å²) in [5.41, 5.74) is 10.3. The Balaban J connectivity index is 1.92. The zero-order valence-corrected chi connectivity index (χ0v) is 39.3. The van der Waals surface area contributed by atoms with E-state index in [0.717, 1.165) is 0 Å². The van der Waals surface area contributed by atoms with Gasteiger partial charge in [-0.2, -0.15) is 0 Å². The number of hydrogen-bond donors (Lipinski definition) is 12. The summed E-state index contributed by atoms with van der Waals surface area (Å²) in [6.07, 6.45) is 4.22.